The Morgan fingerprint density at radius 2 is 1.69 bits per heavy atom. The van der Waals surface area contributed by atoms with Crippen molar-refractivity contribution in [1.82, 2.24) is 4.90 Å². The van der Waals surface area contributed by atoms with Crippen LogP contribution >= 0.6 is 0 Å². The highest BCUT2D eigenvalue weighted by atomic mass is 16.5. The highest BCUT2D eigenvalue weighted by Crippen LogP contribution is 2.33. The van der Waals surface area contributed by atoms with Gasteiger partial charge in [0.2, 0.25) is 0 Å². The summed E-state index contributed by atoms with van der Waals surface area (Å²) in [6.45, 7) is 2.59. The quantitative estimate of drug-likeness (QED) is 0.771. The second-order valence-electron chi connectivity index (χ2n) is 5.71. The van der Waals surface area contributed by atoms with Crippen molar-refractivity contribution in [3.63, 3.8) is 0 Å². The maximum absolute atomic E-state index is 9.48. The van der Waals surface area contributed by atoms with Gasteiger partial charge < -0.3 is 9.84 Å². The average molecular weight is 225 g/mol. The molecule has 1 aliphatic carbocycles. The van der Waals surface area contributed by atoms with Crippen molar-refractivity contribution in [2.75, 3.05) is 19.7 Å². The smallest absolute Gasteiger partial charge is 0.0707 e. The van der Waals surface area contributed by atoms with Gasteiger partial charge in [-0.25, -0.2) is 0 Å². The second kappa shape index (κ2) is 4.63. The Hall–Kier alpha value is -0.120. The summed E-state index contributed by atoms with van der Waals surface area (Å²) in [5.41, 5.74) is 0. The molecule has 0 aromatic carbocycles. The zero-order valence-corrected chi connectivity index (χ0v) is 9.98. The molecular weight excluding hydrogens is 202 g/mol. The topological polar surface area (TPSA) is 32.7 Å². The van der Waals surface area contributed by atoms with E-state index in [9.17, 15) is 5.11 Å². The SMILES string of the molecule is OCC1CCCCC1N1CC2CCC(C1)O2. The molecule has 0 aromatic rings. The van der Waals surface area contributed by atoms with Gasteiger partial charge in [0, 0.05) is 25.7 Å². The molecule has 3 fully saturated rings. The minimum Gasteiger partial charge on any atom is -0.396 e. The summed E-state index contributed by atoms with van der Waals surface area (Å²) >= 11 is 0. The van der Waals surface area contributed by atoms with Crippen LogP contribution in [0.15, 0.2) is 0 Å². The lowest BCUT2D eigenvalue weighted by Crippen LogP contribution is -2.52. The van der Waals surface area contributed by atoms with E-state index in [-0.39, 0.29) is 0 Å². The Kier molecular flexibility index (Phi) is 3.18. The second-order valence-corrected chi connectivity index (χ2v) is 5.71. The van der Waals surface area contributed by atoms with Crippen LogP contribution in [0.4, 0.5) is 0 Å². The summed E-state index contributed by atoms with van der Waals surface area (Å²) in [6.07, 6.45) is 8.61. The van der Waals surface area contributed by atoms with Crippen molar-refractivity contribution in [2.45, 2.75) is 56.8 Å². The third-order valence-corrected chi connectivity index (χ3v) is 4.64. The predicted octanol–water partition coefficient (Wildman–Crippen LogP) is 1.40. The van der Waals surface area contributed by atoms with E-state index < -0.39 is 0 Å². The molecule has 92 valence electrons. The number of morpholine rings is 1. The molecule has 3 aliphatic rings. The lowest BCUT2D eigenvalue weighted by atomic mass is 9.83. The fourth-order valence-corrected chi connectivity index (χ4v) is 3.80. The van der Waals surface area contributed by atoms with Gasteiger partial charge >= 0.3 is 0 Å². The molecule has 0 amide bonds. The molecule has 2 heterocycles. The van der Waals surface area contributed by atoms with Crippen LogP contribution in [0.2, 0.25) is 0 Å². The fourth-order valence-electron chi connectivity index (χ4n) is 3.80. The van der Waals surface area contributed by atoms with E-state index in [1.54, 1.807) is 0 Å². The minimum absolute atomic E-state index is 0.372. The first kappa shape index (κ1) is 11.0. The molecule has 16 heavy (non-hydrogen) atoms. The third-order valence-electron chi connectivity index (χ3n) is 4.64. The fraction of sp³-hybridized carbons (Fsp3) is 1.00. The van der Waals surface area contributed by atoms with Gasteiger partial charge in [0.05, 0.1) is 12.2 Å². The Bertz CT molecular complexity index is 234. The monoisotopic (exact) mass is 225 g/mol. The van der Waals surface area contributed by atoms with Crippen LogP contribution in [0.1, 0.15) is 38.5 Å². The number of aliphatic hydroxyl groups is 1. The van der Waals surface area contributed by atoms with E-state index in [1.165, 1.54) is 38.5 Å². The Morgan fingerprint density at radius 1 is 1.00 bits per heavy atom. The van der Waals surface area contributed by atoms with Gasteiger partial charge in [-0.2, -0.15) is 0 Å². The van der Waals surface area contributed by atoms with Crippen molar-refractivity contribution < 1.29 is 9.84 Å². The van der Waals surface area contributed by atoms with Gasteiger partial charge in [-0.1, -0.05) is 12.8 Å². The van der Waals surface area contributed by atoms with Crippen LogP contribution in [0.5, 0.6) is 0 Å². The largest absolute Gasteiger partial charge is 0.396 e. The summed E-state index contributed by atoms with van der Waals surface area (Å²) in [5, 5.41) is 9.48. The summed E-state index contributed by atoms with van der Waals surface area (Å²) < 4.78 is 5.88. The van der Waals surface area contributed by atoms with Gasteiger partial charge in [-0.3, -0.25) is 4.90 Å². The summed E-state index contributed by atoms with van der Waals surface area (Å²) in [5.74, 6) is 0.520. The number of aliphatic hydroxyl groups excluding tert-OH is 1. The highest BCUT2D eigenvalue weighted by molar-refractivity contribution is 4.91. The first-order valence-corrected chi connectivity index (χ1v) is 6.87. The molecule has 1 saturated carbocycles. The maximum atomic E-state index is 9.48. The number of hydrogen-bond acceptors (Lipinski definition) is 3. The van der Waals surface area contributed by atoms with E-state index >= 15 is 0 Å². The van der Waals surface area contributed by atoms with E-state index in [0.717, 1.165) is 13.1 Å². The third kappa shape index (κ3) is 2.01. The van der Waals surface area contributed by atoms with Gasteiger partial charge in [-0.05, 0) is 31.6 Å². The number of nitrogens with zero attached hydrogens (tertiary/aromatic N) is 1. The maximum Gasteiger partial charge on any atom is 0.0707 e. The summed E-state index contributed by atoms with van der Waals surface area (Å²) in [4.78, 5) is 2.62. The number of ether oxygens (including phenoxy) is 1. The lowest BCUT2D eigenvalue weighted by Gasteiger charge is -2.43. The summed E-state index contributed by atoms with van der Waals surface area (Å²) in [6, 6.07) is 0.630. The molecule has 2 aliphatic heterocycles. The molecule has 4 atom stereocenters. The van der Waals surface area contributed by atoms with Crippen LogP contribution < -0.4 is 0 Å². The zero-order valence-electron chi connectivity index (χ0n) is 9.98. The van der Waals surface area contributed by atoms with Crippen LogP contribution in [0.25, 0.3) is 0 Å². The molecule has 3 heteroatoms. The molecule has 0 aromatic heterocycles. The lowest BCUT2D eigenvalue weighted by molar-refractivity contribution is -0.0707. The van der Waals surface area contributed by atoms with Gasteiger partial charge in [0.15, 0.2) is 0 Å². The Labute approximate surface area is 97.8 Å². The molecule has 0 spiro atoms. The minimum atomic E-state index is 0.372. The molecule has 2 bridgehead atoms. The highest BCUT2D eigenvalue weighted by Gasteiger charge is 2.39. The van der Waals surface area contributed by atoms with Crippen LogP contribution in [-0.4, -0.2) is 48.0 Å². The molecule has 4 unspecified atom stereocenters. The van der Waals surface area contributed by atoms with Gasteiger partial charge in [-0.15, -0.1) is 0 Å². The standard InChI is InChI=1S/C13H23NO2/c15-9-10-3-1-2-4-13(10)14-7-11-5-6-12(8-14)16-11/h10-13,15H,1-9H2. The van der Waals surface area contributed by atoms with E-state index in [0.29, 0.717) is 30.8 Å². The zero-order chi connectivity index (χ0) is 11.0. The first-order valence-electron chi connectivity index (χ1n) is 6.87. The van der Waals surface area contributed by atoms with Gasteiger partial charge in [0.25, 0.3) is 0 Å². The van der Waals surface area contributed by atoms with E-state index in [2.05, 4.69) is 4.90 Å². The molecule has 1 N–H and O–H groups in total. The molecule has 0 radical (unpaired) electrons. The van der Waals surface area contributed by atoms with E-state index in [1.807, 2.05) is 0 Å². The van der Waals surface area contributed by atoms with Crippen molar-refractivity contribution in [3.05, 3.63) is 0 Å². The number of fused-ring (bicyclic) bond motifs is 2. The molecule has 2 saturated heterocycles. The van der Waals surface area contributed by atoms with Crippen LogP contribution in [-0.2, 0) is 4.74 Å². The Morgan fingerprint density at radius 3 is 2.38 bits per heavy atom. The number of likely N-dealkylation sites (tertiary alicyclic amines) is 1. The molecule has 3 rings (SSSR count). The summed E-state index contributed by atoms with van der Waals surface area (Å²) in [7, 11) is 0. The van der Waals surface area contributed by atoms with Crippen molar-refractivity contribution in [2.24, 2.45) is 5.92 Å². The molecular formula is C13H23NO2. The van der Waals surface area contributed by atoms with Gasteiger partial charge in [0.1, 0.15) is 0 Å². The van der Waals surface area contributed by atoms with Crippen LogP contribution in [0, 0.1) is 5.92 Å². The number of rotatable bonds is 2. The van der Waals surface area contributed by atoms with Crippen molar-refractivity contribution in [1.29, 1.82) is 0 Å². The Balaban J connectivity index is 1.66. The van der Waals surface area contributed by atoms with Crippen molar-refractivity contribution in [3.8, 4) is 0 Å². The van der Waals surface area contributed by atoms with Crippen LogP contribution in [0.3, 0.4) is 0 Å². The first-order chi connectivity index (χ1) is 7.86. The van der Waals surface area contributed by atoms with Crippen molar-refractivity contribution >= 4 is 0 Å². The predicted molar refractivity (Wildman–Crippen MR) is 62.3 cm³/mol. The average Bonchev–Trinajstić information content (AvgIpc) is 2.68. The normalized spacial score (nSPS) is 44.8. The molecule has 3 nitrogen and oxygen atoms in total. The number of hydrogen-bond donors (Lipinski definition) is 1. The van der Waals surface area contributed by atoms with E-state index in [4.69, 9.17) is 4.74 Å².